The van der Waals surface area contributed by atoms with Crippen LogP contribution in [0.15, 0.2) is 53.6 Å². The van der Waals surface area contributed by atoms with Gasteiger partial charge in [0, 0.05) is 30.3 Å². The summed E-state index contributed by atoms with van der Waals surface area (Å²) in [5.41, 5.74) is 4.39. The van der Waals surface area contributed by atoms with E-state index >= 15 is 0 Å². The summed E-state index contributed by atoms with van der Waals surface area (Å²) in [5.74, 6) is -0.289. The number of thiocarbonyl (C=S) groups is 1. The summed E-state index contributed by atoms with van der Waals surface area (Å²) in [4.78, 5) is 15.5. The quantitative estimate of drug-likeness (QED) is 0.331. The number of rotatable bonds is 6. The maximum atomic E-state index is 13.4. The number of carbonyl (C=O) groups excluding carboxylic acids is 1. The van der Waals surface area contributed by atoms with Crippen molar-refractivity contribution in [3.8, 4) is 0 Å². The predicted octanol–water partition coefficient (Wildman–Crippen LogP) is 5.77. The van der Waals surface area contributed by atoms with Crippen LogP contribution in [0.4, 0.5) is 4.39 Å². The minimum atomic E-state index is -0.240. The summed E-state index contributed by atoms with van der Waals surface area (Å²) < 4.78 is 21.9. The zero-order chi connectivity index (χ0) is 22.9. The van der Waals surface area contributed by atoms with Gasteiger partial charge in [-0.25, -0.2) is 4.39 Å². The van der Waals surface area contributed by atoms with Crippen LogP contribution in [0.5, 0.6) is 0 Å². The van der Waals surface area contributed by atoms with Gasteiger partial charge in [0.15, 0.2) is 0 Å². The first kappa shape index (κ1) is 22.3. The molecule has 0 radical (unpaired) electrons. The molecule has 2 aliphatic rings. The van der Waals surface area contributed by atoms with Gasteiger partial charge < -0.3 is 9.30 Å². The number of aryl methyl sites for hydroxylation is 1. The van der Waals surface area contributed by atoms with Crippen molar-refractivity contribution in [2.75, 3.05) is 13.2 Å². The lowest BCUT2D eigenvalue weighted by Gasteiger charge is -2.18. The topological polar surface area (TPSA) is 34.5 Å². The molecule has 170 valence electrons. The zero-order valence-electron chi connectivity index (χ0n) is 18.4. The van der Waals surface area contributed by atoms with Crippen molar-refractivity contribution < 1.29 is 13.9 Å². The Bertz CT molecular complexity index is 1240. The van der Waals surface area contributed by atoms with Gasteiger partial charge in [0.05, 0.1) is 23.1 Å². The monoisotopic (exact) mass is 480 g/mol. The number of hydrogen-bond donors (Lipinski definition) is 0. The van der Waals surface area contributed by atoms with E-state index in [1.165, 1.54) is 29.5 Å². The third-order valence-electron chi connectivity index (χ3n) is 6.23. The van der Waals surface area contributed by atoms with E-state index in [1.807, 2.05) is 18.2 Å². The van der Waals surface area contributed by atoms with Gasteiger partial charge in [-0.05, 0) is 48.6 Å². The number of fused-ring (bicyclic) bond motifs is 1. The van der Waals surface area contributed by atoms with E-state index < -0.39 is 0 Å². The summed E-state index contributed by atoms with van der Waals surface area (Å²) in [6.07, 6.45) is 7.00. The Kier molecular flexibility index (Phi) is 6.36. The van der Waals surface area contributed by atoms with Crippen LogP contribution in [0.25, 0.3) is 17.0 Å². The number of halogens is 1. The van der Waals surface area contributed by atoms with Crippen LogP contribution < -0.4 is 0 Å². The average Bonchev–Trinajstić information content (AvgIpc) is 3.52. The smallest absolute Gasteiger partial charge is 0.266 e. The molecule has 0 aliphatic carbocycles. The molecule has 33 heavy (non-hydrogen) atoms. The van der Waals surface area contributed by atoms with E-state index in [4.69, 9.17) is 17.0 Å². The Hall–Kier alpha value is -2.48. The molecule has 2 saturated heterocycles. The summed E-state index contributed by atoms with van der Waals surface area (Å²) in [6, 6.07) is 12.9. The molecule has 0 unspecified atom stereocenters. The third-order valence-corrected chi connectivity index (χ3v) is 7.61. The van der Waals surface area contributed by atoms with Crippen LogP contribution in [0, 0.1) is 5.82 Å². The Labute approximate surface area is 202 Å². The van der Waals surface area contributed by atoms with Gasteiger partial charge in [0.25, 0.3) is 5.91 Å². The van der Waals surface area contributed by atoms with Gasteiger partial charge in [-0.15, -0.1) is 0 Å². The second-order valence-electron chi connectivity index (χ2n) is 8.43. The lowest BCUT2D eigenvalue weighted by Crippen LogP contribution is -2.35. The second-order valence-corrected chi connectivity index (χ2v) is 10.1. The summed E-state index contributed by atoms with van der Waals surface area (Å²) in [5, 5.41) is 1.10. The molecule has 0 N–H and O–H groups in total. The van der Waals surface area contributed by atoms with Crippen molar-refractivity contribution in [1.29, 1.82) is 0 Å². The van der Waals surface area contributed by atoms with E-state index in [-0.39, 0.29) is 17.8 Å². The number of ether oxygens (including phenoxy) is 1. The lowest BCUT2D eigenvalue weighted by molar-refractivity contribution is -0.123. The largest absolute Gasteiger partial charge is 0.376 e. The molecule has 3 heterocycles. The van der Waals surface area contributed by atoms with Crippen molar-refractivity contribution in [1.82, 2.24) is 9.47 Å². The molecule has 2 aliphatic heterocycles. The highest BCUT2D eigenvalue weighted by molar-refractivity contribution is 8.26. The van der Waals surface area contributed by atoms with Crippen LogP contribution in [-0.2, 0) is 22.5 Å². The standard InChI is InChI=1S/C26H25FN2O2S2/c1-2-18-5-3-7-22-19(15-28(24(18)22)14-17-8-10-20(27)11-9-17)13-23-25(30)29(26(32)33-23)16-21-6-4-12-31-21/h3,5,7-11,13,15,21H,2,4,6,12,14,16H2,1H3/b23-13-/t21-/m1/s1. The fraction of sp³-hybridized carbons (Fsp3) is 0.308. The van der Waals surface area contributed by atoms with Crippen molar-refractivity contribution >= 4 is 51.2 Å². The van der Waals surface area contributed by atoms with E-state index in [2.05, 4.69) is 35.9 Å². The van der Waals surface area contributed by atoms with E-state index in [9.17, 15) is 9.18 Å². The number of aromatic nitrogens is 1. The van der Waals surface area contributed by atoms with Crippen molar-refractivity contribution in [2.24, 2.45) is 0 Å². The first-order chi connectivity index (χ1) is 16.0. The first-order valence-electron chi connectivity index (χ1n) is 11.3. The molecule has 0 saturated carbocycles. The molecular formula is C26H25FN2O2S2. The van der Waals surface area contributed by atoms with Gasteiger partial charge >= 0.3 is 0 Å². The van der Waals surface area contributed by atoms with E-state index in [0.29, 0.717) is 22.3 Å². The normalized spacial score (nSPS) is 20.0. The van der Waals surface area contributed by atoms with E-state index in [0.717, 1.165) is 47.9 Å². The Morgan fingerprint density at radius 3 is 2.79 bits per heavy atom. The first-order valence-corrected chi connectivity index (χ1v) is 12.5. The van der Waals surface area contributed by atoms with E-state index in [1.54, 1.807) is 4.90 Å². The van der Waals surface area contributed by atoms with Gasteiger partial charge in [0.2, 0.25) is 0 Å². The summed E-state index contributed by atoms with van der Waals surface area (Å²) >= 11 is 6.87. The number of hydrogen-bond acceptors (Lipinski definition) is 4. The highest BCUT2D eigenvalue weighted by Crippen LogP contribution is 2.36. The zero-order valence-corrected chi connectivity index (χ0v) is 20.1. The molecule has 2 aromatic carbocycles. The maximum Gasteiger partial charge on any atom is 0.266 e. The molecule has 2 fully saturated rings. The van der Waals surface area contributed by atoms with Crippen molar-refractivity contribution in [2.45, 2.75) is 38.8 Å². The number of amides is 1. The molecule has 1 amide bonds. The highest BCUT2D eigenvalue weighted by Gasteiger charge is 2.34. The number of para-hydroxylation sites is 1. The lowest BCUT2D eigenvalue weighted by atomic mass is 10.1. The Balaban J connectivity index is 1.50. The fourth-order valence-corrected chi connectivity index (χ4v) is 5.83. The summed E-state index contributed by atoms with van der Waals surface area (Å²) in [7, 11) is 0. The van der Waals surface area contributed by atoms with Crippen molar-refractivity contribution in [3.63, 3.8) is 0 Å². The van der Waals surface area contributed by atoms with Crippen LogP contribution in [0.1, 0.15) is 36.5 Å². The maximum absolute atomic E-state index is 13.4. The van der Waals surface area contributed by atoms with Crippen LogP contribution in [0.3, 0.4) is 0 Å². The van der Waals surface area contributed by atoms with Gasteiger partial charge in [-0.2, -0.15) is 0 Å². The third kappa shape index (κ3) is 4.50. The van der Waals surface area contributed by atoms with Crippen molar-refractivity contribution in [3.05, 3.63) is 76.1 Å². The van der Waals surface area contributed by atoms with Gasteiger partial charge in [-0.3, -0.25) is 9.69 Å². The molecule has 5 rings (SSSR count). The van der Waals surface area contributed by atoms with Crippen LogP contribution >= 0.6 is 24.0 Å². The SMILES string of the molecule is CCc1cccc2c(/C=C3\SC(=S)N(C[C@H]4CCCO4)C3=O)cn(Cc3ccc(F)cc3)c12. The number of thioether (sulfide) groups is 1. The Morgan fingerprint density at radius 1 is 1.24 bits per heavy atom. The molecule has 4 nitrogen and oxygen atoms in total. The molecule has 3 aromatic rings. The molecule has 0 bridgehead atoms. The van der Waals surface area contributed by atoms with Gasteiger partial charge in [-0.1, -0.05) is 61.2 Å². The fourth-order valence-electron chi connectivity index (χ4n) is 4.57. The molecule has 1 atom stereocenters. The second kappa shape index (κ2) is 9.41. The molecule has 7 heteroatoms. The molecular weight excluding hydrogens is 455 g/mol. The minimum Gasteiger partial charge on any atom is -0.376 e. The summed E-state index contributed by atoms with van der Waals surface area (Å²) in [6.45, 7) is 4.04. The van der Waals surface area contributed by atoms with Crippen LogP contribution in [0.2, 0.25) is 0 Å². The average molecular weight is 481 g/mol. The van der Waals surface area contributed by atoms with Gasteiger partial charge in [0.1, 0.15) is 10.1 Å². The minimum absolute atomic E-state index is 0.0495. The molecule has 0 spiro atoms. The number of nitrogens with zero attached hydrogens (tertiary/aromatic N) is 2. The van der Waals surface area contributed by atoms with Crippen LogP contribution in [-0.4, -0.2) is 39.0 Å². The predicted molar refractivity (Wildman–Crippen MR) is 136 cm³/mol. The Morgan fingerprint density at radius 2 is 2.06 bits per heavy atom. The number of carbonyl (C=O) groups is 1. The number of benzene rings is 2. The molecule has 1 aromatic heterocycles. The highest BCUT2D eigenvalue weighted by atomic mass is 32.2.